The van der Waals surface area contributed by atoms with Gasteiger partial charge in [-0.05, 0) is 63.8 Å². The Morgan fingerprint density at radius 3 is 1.71 bits per heavy atom. The smallest absolute Gasteiger partial charge is 0.870 e. The van der Waals surface area contributed by atoms with Crippen LogP contribution in [-0.2, 0) is 103 Å². The fourth-order valence-corrected chi connectivity index (χ4v) is 16.3. The second-order valence-corrected chi connectivity index (χ2v) is 27.7. The van der Waals surface area contributed by atoms with Crippen molar-refractivity contribution in [2.75, 3.05) is 91.2 Å². The van der Waals surface area contributed by atoms with Crippen LogP contribution in [0.4, 0.5) is 0 Å². The molecule has 28 nitrogen and oxygen atoms in total. The van der Waals surface area contributed by atoms with E-state index in [0.717, 1.165) is 35.0 Å². The summed E-state index contributed by atoms with van der Waals surface area (Å²) in [5.41, 5.74) is 8.45. The zero-order valence-electron chi connectivity index (χ0n) is 45.3. The molecule has 1 aromatic heterocycles. The number of ether oxygens (including phenoxy) is 7. The maximum Gasteiger partial charge on any atom is 1.00 e. The van der Waals surface area contributed by atoms with Crippen molar-refractivity contribution in [3.05, 3.63) is 39.9 Å². The van der Waals surface area contributed by atoms with E-state index in [2.05, 4.69) is 68.7 Å². The molecule has 0 spiro atoms. The van der Waals surface area contributed by atoms with Crippen LogP contribution in [0.2, 0.25) is 32.2 Å². The van der Waals surface area contributed by atoms with Crippen LogP contribution in [0.15, 0.2) is 34.2 Å². The van der Waals surface area contributed by atoms with E-state index in [0.29, 0.717) is 52.6 Å². The summed E-state index contributed by atoms with van der Waals surface area (Å²) < 4.78 is 74.9. The number of Topliss-reactive ketones (excluding diaryl/α,β-unsaturated/α-hetero) is 2. The number of hydrogen-bond acceptors (Lipinski definition) is 21. The van der Waals surface area contributed by atoms with E-state index in [9.17, 15) is 19.5 Å². The van der Waals surface area contributed by atoms with Gasteiger partial charge in [0.05, 0.1) is 66.1 Å². The van der Waals surface area contributed by atoms with Crippen molar-refractivity contribution < 1.29 is 175 Å². The van der Waals surface area contributed by atoms with Crippen LogP contribution in [0.1, 0.15) is 45.1 Å². The first-order valence-electron chi connectivity index (χ1n) is 22.0. The summed E-state index contributed by atoms with van der Waals surface area (Å²) in [5, 5.41) is 41.8. The third-order valence-electron chi connectivity index (χ3n) is 8.61. The van der Waals surface area contributed by atoms with E-state index in [1.54, 1.807) is 31.1 Å². The van der Waals surface area contributed by atoms with Crippen molar-refractivity contribution in [1.82, 2.24) is 9.97 Å². The van der Waals surface area contributed by atoms with Gasteiger partial charge in [-0.25, -0.2) is 14.8 Å². The average Bonchev–Trinajstić information content (AvgIpc) is 3.55. The van der Waals surface area contributed by atoms with Gasteiger partial charge in [0.15, 0.2) is 27.6 Å². The SMILES string of the molecule is C#CCOCC(COCC#C)(COCC#C)CC(C)=O.CC(=O)CCCC[Si](C)(C)O[Si](C)(C)CSc1ncc(COCCOCCOCCN=[N+]=[N-])cn1.O.O.O.O.O=C1O[C@H]([C@@H](O)CO)C([O-])=C1O.O=S(=O)(O)O.[Cu].[Cu].[Na+]. The number of aliphatic hydroxyl groups is 3. The van der Waals surface area contributed by atoms with Gasteiger partial charge in [0, 0.05) is 87.2 Å². The molecule has 1 aromatic rings. The number of nitrogens with zero attached hydrogens (tertiary/aromatic N) is 5. The van der Waals surface area contributed by atoms with Crippen molar-refractivity contribution in [3.63, 3.8) is 0 Å². The molecule has 0 aromatic carbocycles. The number of hydrogen-bond donors (Lipinski definition) is 5. The Balaban J connectivity index is -0.000000135. The van der Waals surface area contributed by atoms with Crippen LogP contribution < -0.4 is 34.7 Å². The second-order valence-electron chi connectivity index (χ2n) is 16.6. The van der Waals surface area contributed by atoms with E-state index >= 15 is 0 Å². The quantitative estimate of drug-likeness (QED) is 0.00427. The molecular weight excluding hydrogens is 1240 g/mol. The monoisotopic (exact) mass is 1310 g/mol. The molecule has 0 unspecified atom stereocenters. The van der Waals surface area contributed by atoms with E-state index in [4.69, 9.17) is 90.2 Å². The van der Waals surface area contributed by atoms with Gasteiger partial charge in [0.2, 0.25) is 0 Å². The molecule has 0 aliphatic carbocycles. The number of unbranched alkanes of at least 4 members (excludes halogenated alkanes) is 1. The van der Waals surface area contributed by atoms with Crippen LogP contribution in [0.3, 0.4) is 0 Å². The molecule has 13 N–H and O–H groups in total. The summed E-state index contributed by atoms with van der Waals surface area (Å²) in [6, 6.07) is 1.09. The minimum Gasteiger partial charge on any atom is -0.870 e. The number of carbonyl (C=O) groups excluding carboxylic acids is 3. The summed E-state index contributed by atoms with van der Waals surface area (Å²) in [7, 11) is -8.27. The molecule has 460 valence electrons. The number of rotatable bonds is 34. The zero-order valence-corrected chi connectivity index (χ0v) is 52.8. The van der Waals surface area contributed by atoms with Gasteiger partial charge in [-0.15, -0.1) is 19.3 Å². The Hall–Kier alpha value is -2.61. The average molecular weight is 1320 g/mol. The Labute approximate surface area is 512 Å². The molecule has 2 radical (unpaired) electrons. The summed E-state index contributed by atoms with van der Waals surface area (Å²) in [4.78, 5) is 44.7. The molecule has 2 heterocycles. The molecule has 2 rings (SSSR count). The molecule has 2 atom stereocenters. The van der Waals surface area contributed by atoms with E-state index in [-0.39, 0.29) is 143 Å². The van der Waals surface area contributed by atoms with Gasteiger partial charge in [-0.3, -0.25) is 9.11 Å². The topological polar surface area (TPSA) is 484 Å². The minimum absolute atomic E-state index is 0. The van der Waals surface area contributed by atoms with Crippen LogP contribution in [0, 0.1) is 42.4 Å². The van der Waals surface area contributed by atoms with Crippen molar-refractivity contribution >= 4 is 56.3 Å². The van der Waals surface area contributed by atoms with Gasteiger partial charge in [-0.1, -0.05) is 41.1 Å². The van der Waals surface area contributed by atoms with Crippen molar-refractivity contribution in [2.24, 2.45) is 10.5 Å². The molecule has 0 saturated heterocycles. The standard InChI is InChI=1S/C22H41N5O5SSi2.C16H20O4.C6H8O6.2Cu.Na.H2O4S.4H2O/c1-20(28)8-6-7-15-34(2,3)32-35(4,5)19-33-22-24-16-21(17-25-22)18-31-14-13-30-12-11-29-10-9-26-27-23;1-5-8-18-12-16(11-15(4)17,13-19-9-6-2)14-20-10-7-3;7-1-2(8)5-3(9)4(10)6(11)12-5;;;;1-5(2,3)4;;;;/h16-17H,6-15,18-19H2,1-5H3;1-3H,8-14H2,4H3;2,5,7-10H,1H2;;;;(H2,1,2,3,4);4*1H2/q;;;;;+1;;;;;/p-1/t;;2-,5+;;;;;;;;/m..0......../s1. The maximum absolute atomic E-state index is 11.5. The Kier molecular flexibility index (Phi) is 67.7. The number of aliphatic hydroxyl groups excluding tert-OH is 3. The Morgan fingerprint density at radius 1 is 0.861 bits per heavy atom. The number of esters is 1. The third kappa shape index (κ3) is 55.7. The fourth-order valence-electron chi connectivity index (χ4n) is 5.86. The van der Waals surface area contributed by atoms with Gasteiger partial charge in [-0.2, -0.15) is 8.42 Å². The second kappa shape index (κ2) is 55.9. The van der Waals surface area contributed by atoms with Crippen molar-refractivity contribution in [2.45, 2.75) is 95.7 Å². The molecule has 1 aliphatic heterocycles. The summed E-state index contributed by atoms with van der Waals surface area (Å²) >= 11 is 1.65. The fraction of sp³-hybridized carbons (Fsp3) is 0.659. The number of thioether (sulfide) groups is 1. The molecular formula is C44H78Cu2N5NaO23S2Si2. The van der Waals surface area contributed by atoms with Crippen molar-refractivity contribution in [1.29, 1.82) is 0 Å². The number of cyclic esters (lactones) is 1. The molecule has 0 saturated carbocycles. The molecule has 1 aliphatic rings. The first-order valence-corrected chi connectivity index (χ1v) is 30.6. The summed E-state index contributed by atoms with van der Waals surface area (Å²) in [6.45, 7) is 15.7. The first kappa shape index (κ1) is 95.6. The molecule has 0 bridgehead atoms. The van der Waals surface area contributed by atoms with Crippen LogP contribution in [0.5, 0.6) is 0 Å². The van der Waals surface area contributed by atoms with Gasteiger partial charge >= 0.3 is 45.9 Å². The largest absolute Gasteiger partial charge is 1.00 e. The normalized spacial score (nSPS) is 12.5. The van der Waals surface area contributed by atoms with Gasteiger partial charge in [0.1, 0.15) is 43.6 Å². The molecule has 35 heteroatoms. The van der Waals surface area contributed by atoms with Crippen LogP contribution in [-0.4, -0.2) is 202 Å². The number of ketones is 2. The number of aromatic nitrogens is 2. The van der Waals surface area contributed by atoms with E-state index in [1.807, 2.05) is 0 Å². The number of azide groups is 1. The summed E-state index contributed by atoms with van der Waals surface area (Å²) in [6.07, 6.45) is 19.0. The van der Waals surface area contributed by atoms with Crippen molar-refractivity contribution in [3.8, 4) is 37.0 Å². The maximum atomic E-state index is 11.5. The number of terminal acetylenes is 3. The van der Waals surface area contributed by atoms with Crippen LogP contribution in [0.25, 0.3) is 10.4 Å². The van der Waals surface area contributed by atoms with Crippen LogP contribution >= 0.6 is 11.8 Å². The predicted octanol–water partition coefficient (Wildman–Crippen LogP) is -3.50. The minimum atomic E-state index is -4.67. The third-order valence-corrected chi connectivity index (χ3v) is 18.4. The van der Waals surface area contributed by atoms with Gasteiger partial charge < -0.3 is 89.2 Å². The molecule has 79 heavy (non-hydrogen) atoms. The Bertz CT molecular complexity index is 2030. The number of carbonyl (C=O) groups is 3. The zero-order chi connectivity index (χ0) is 55.1. The van der Waals surface area contributed by atoms with E-state index in [1.165, 1.54) is 6.92 Å². The van der Waals surface area contributed by atoms with E-state index < -0.39 is 68.8 Å². The Morgan fingerprint density at radius 2 is 1.32 bits per heavy atom. The first-order chi connectivity index (χ1) is 33.8. The summed E-state index contributed by atoms with van der Waals surface area (Å²) in [5.74, 6) is 4.19. The predicted molar refractivity (Wildman–Crippen MR) is 281 cm³/mol. The molecule has 0 amide bonds. The molecule has 0 fully saturated rings. The van der Waals surface area contributed by atoms with Gasteiger partial charge in [0.25, 0.3) is 0 Å².